The number of nitro benzene ring substituents is 1. The van der Waals surface area contributed by atoms with E-state index in [1.807, 2.05) is 6.07 Å². The van der Waals surface area contributed by atoms with Gasteiger partial charge in [-0.05, 0) is 25.1 Å². The van der Waals surface area contributed by atoms with Crippen LogP contribution in [0.25, 0.3) is 0 Å². The highest BCUT2D eigenvalue weighted by Crippen LogP contribution is 2.31. The van der Waals surface area contributed by atoms with Gasteiger partial charge in [0.15, 0.2) is 6.04 Å². The van der Waals surface area contributed by atoms with Gasteiger partial charge in [0, 0.05) is 12.1 Å². The summed E-state index contributed by atoms with van der Waals surface area (Å²) in [4.78, 5) is 22.7. The van der Waals surface area contributed by atoms with Crippen molar-refractivity contribution in [2.75, 3.05) is 5.01 Å². The highest BCUT2D eigenvalue weighted by atomic mass is 16.6. The number of anilines is 1. The Balaban J connectivity index is 1.85. The highest BCUT2D eigenvalue weighted by molar-refractivity contribution is 6.18. The van der Waals surface area contributed by atoms with Crippen molar-refractivity contribution in [2.45, 2.75) is 13.0 Å². The number of para-hydroxylation sites is 1. The second-order valence-electron chi connectivity index (χ2n) is 5.28. The highest BCUT2D eigenvalue weighted by Gasteiger charge is 2.34. The molecule has 25 heavy (non-hydrogen) atoms. The number of carbonyl (C=O) groups excluding carboxylic acids is 1. The quantitative estimate of drug-likeness (QED) is 0.522. The molecule has 1 aliphatic rings. The Labute approximate surface area is 142 Å². The van der Waals surface area contributed by atoms with Crippen molar-refractivity contribution in [2.24, 2.45) is 15.3 Å². The maximum absolute atomic E-state index is 12.5. The summed E-state index contributed by atoms with van der Waals surface area (Å²) in [6, 6.07) is 11.3. The lowest BCUT2D eigenvalue weighted by Crippen LogP contribution is -2.29. The van der Waals surface area contributed by atoms with Crippen LogP contribution >= 0.6 is 0 Å². The number of hydrazone groups is 1. The molecular formula is C16H13N5O4. The minimum absolute atomic E-state index is 0.0899. The zero-order chi connectivity index (χ0) is 18.0. The molecule has 2 aromatic rings. The molecule has 0 aliphatic carbocycles. The number of hydrogen-bond acceptors (Lipinski definition) is 7. The first kappa shape index (κ1) is 16.2. The van der Waals surface area contributed by atoms with Gasteiger partial charge in [0.1, 0.15) is 11.4 Å². The summed E-state index contributed by atoms with van der Waals surface area (Å²) in [5.41, 5.74) is 0.707. The Morgan fingerprint density at radius 2 is 1.96 bits per heavy atom. The average molecular weight is 339 g/mol. The van der Waals surface area contributed by atoms with E-state index in [-0.39, 0.29) is 17.1 Å². The molecule has 1 N–H and O–H groups in total. The van der Waals surface area contributed by atoms with Gasteiger partial charge in [0.2, 0.25) is 0 Å². The molecule has 9 heteroatoms. The van der Waals surface area contributed by atoms with Crippen LogP contribution in [0, 0.1) is 10.1 Å². The predicted molar refractivity (Wildman–Crippen MR) is 90.1 cm³/mol. The Bertz CT molecular complexity index is 895. The molecule has 1 unspecified atom stereocenters. The first-order chi connectivity index (χ1) is 12.0. The van der Waals surface area contributed by atoms with Crippen LogP contribution in [0.3, 0.4) is 0 Å². The standard InChI is InChI=1S/C16H13N5O4/c1-10-15(16(23)20(19-10)11-5-3-2-4-6-11)18-17-13-9-12(21(24)25)7-8-14(13)22/h2-9,15,22H,1H3. The third kappa shape index (κ3) is 3.20. The SMILES string of the molecule is CC1=NN(c2ccccc2)C(=O)C1N=Nc1cc([N+](=O)[O-])ccc1O. The monoisotopic (exact) mass is 339 g/mol. The first-order valence-electron chi connectivity index (χ1n) is 7.30. The molecule has 0 bridgehead atoms. The minimum atomic E-state index is -0.945. The minimum Gasteiger partial charge on any atom is -0.506 e. The number of phenolic OH excluding ortho intramolecular Hbond substituents is 1. The molecule has 0 radical (unpaired) electrons. The molecule has 0 fully saturated rings. The Hall–Kier alpha value is -3.62. The lowest BCUT2D eigenvalue weighted by molar-refractivity contribution is -0.384. The molecule has 126 valence electrons. The smallest absolute Gasteiger partial charge is 0.280 e. The lowest BCUT2D eigenvalue weighted by Gasteiger charge is -2.11. The van der Waals surface area contributed by atoms with E-state index < -0.39 is 16.9 Å². The van der Waals surface area contributed by atoms with Crippen molar-refractivity contribution in [1.82, 2.24) is 0 Å². The van der Waals surface area contributed by atoms with Gasteiger partial charge >= 0.3 is 0 Å². The number of phenols is 1. The fourth-order valence-corrected chi connectivity index (χ4v) is 2.27. The van der Waals surface area contributed by atoms with Crippen molar-refractivity contribution < 1.29 is 14.8 Å². The largest absolute Gasteiger partial charge is 0.506 e. The van der Waals surface area contributed by atoms with Crippen LogP contribution in [0.15, 0.2) is 63.9 Å². The number of nitrogens with zero attached hydrogens (tertiary/aromatic N) is 5. The molecule has 0 spiro atoms. The van der Waals surface area contributed by atoms with E-state index in [1.54, 1.807) is 31.2 Å². The van der Waals surface area contributed by atoms with Gasteiger partial charge < -0.3 is 5.11 Å². The predicted octanol–water partition coefficient (Wildman–Crippen LogP) is 3.18. The number of hydrogen-bond donors (Lipinski definition) is 1. The van der Waals surface area contributed by atoms with Gasteiger partial charge in [-0.2, -0.15) is 20.3 Å². The molecule has 0 saturated carbocycles. The molecule has 2 aromatic carbocycles. The fourth-order valence-electron chi connectivity index (χ4n) is 2.27. The van der Waals surface area contributed by atoms with Crippen LogP contribution in [-0.4, -0.2) is 27.7 Å². The summed E-state index contributed by atoms with van der Waals surface area (Å²) in [5, 5.41) is 33.7. The maximum Gasteiger partial charge on any atom is 0.280 e. The lowest BCUT2D eigenvalue weighted by atomic mass is 10.2. The second kappa shape index (κ2) is 6.48. The number of amides is 1. The Morgan fingerprint density at radius 3 is 2.64 bits per heavy atom. The van der Waals surface area contributed by atoms with Gasteiger partial charge in [-0.3, -0.25) is 14.9 Å². The van der Waals surface area contributed by atoms with Crippen molar-refractivity contribution >= 4 is 28.7 Å². The number of benzene rings is 2. The summed E-state index contributed by atoms with van der Waals surface area (Å²) in [5.74, 6) is -0.660. The topological polar surface area (TPSA) is 121 Å². The van der Waals surface area contributed by atoms with E-state index in [0.29, 0.717) is 11.4 Å². The second-order valence-corrected chi connectivity index (χ2v) is 5.28. The van der Waals surface area contributed by atoms with Crippen molar-refractivity contribution in [3.05, 3.63) is 58.6 Å². The van der Waals surface area contributed by atoms with Crippen LogP contribution < -0.4 is 5.01 Å². The van der Waals surface area contributed by atoms with E-state index in [9.17, 15) is 20.0 Å². The van der Waals surface area contributed by atoms with Crippen molar-refractivity contribution in [3.63, 3.8) is 0 Å². The van der Waals surface area contributed by atoms with E-state index in [4.69, 9.17) is 0 Å². The number of nitro groups is 1. The molecule has 1 heterocycles. The van der Waals surface area contributed by atoms with Crippen molar-refractivity contribution in [3.8, 4) is 5.75 Å². The molecule has 0 aromatic heterocycles. The summed E-state index contributed by atoms with van der Waals surface area (Å²) >= 11 is 0. The molecule has 1 atom stereocenters. The Morgan fingerprint density at radius 1 is 1.24 bits per heavy atom. The molecular weight excluding hydrogens is 326 g/mol. The van der Waals surface area contributed by atoms with E-state index >= 15 is 0 Å². The van der Waals surface area contributed by atoms with E-state index in [1.165, 1.54) is 5.01 Å². The third-order valence-corrected chi connectivity index (χ3v) is 3.55. The normalized spacial score (nSPS) is 17.2. The number of rotatable bonds is 4. The van der Waals surface area contributed by atoms with Crippen LogP contribution in [0.5, 0.6) is 5.75 Å². The molecule has 0 saturated heterocycles. The first-order valence-corrected chi connectivity index (χ1v) is 7.30. The zero-order valence-corrected chi connectivity index (χ0v) is 13.1. The average Bonchev–Trinajstić information content (AvgIpc) is 2.89. The van der Waals surface area contributed by atoms with Gasteiger partial charge in [-0.1, -0.05) is 18.2 Å². The Kier molecular flexibility index (Phi) is 4.21. The van der Waals surface area contributed by atoms with Gasteiger partial charge in [0.25, 0.3) is 11.6 Å². The van der Waals surface area contributed by atoms with Crippen molar-refractivity contribution in [1.29, 1.82) is 0 Å². The fraction of sp³-hybridized carbons (Fsp3) is 0.125. The van der Waals surface area contributed by atoms with E-state index in [0.717, 1.165) is 18.2 Å². The third-order valence-electron chi connectivity index (χ3n) is 3.55. The van der Waals surface area contributed by atoms with Gasteiger partial charge in [-0.25, -0.2) is 0 Å². The number of non-ortho nitro benzene ring substituents is 1. The summed E-state index contributed by atoms with van der Waals surface area (Å²) < 4.78 is 0. The number of carbonyl (C=O) groups is 1. The number of azo groups is 1. The molecule has 1 amide bonds. The van der Waals surface area contributed by atoms with Crippen LogP contribution in [-0.2, 0) is 4.79 Å². The number of aromatic hydroxyl groups is 1. The van der Waals surface area contributed by atoms with Crippen LogP contribution in [0.1, 0.15) is 6.92 Å². The zero-order valence-electron chi connectivity index (χ0n) is 13.1. The summed E-state index contributed by atoms with van der Waals surface area (Å²) in [6.07, 6.45) is 0. The summed E-state index contributed by atoms with van der Waals surface area (Å²) in [7, 11) is 0. The van der Waals surface area contributed by atoms with E-state index in [2.05, 4.69) is 15.3 Å². The van der Waals surface area contributed by atoms with Crippen LogP contribution in [0.4, 0.5) is 17.1 Å². The molecule has 9 nitrogen and oxygen atoms in total. The molecule has 1 aliphatic heterocycles. The maximum atomic E-state index is 12.5. The van der Waals surface area contributed by atoms with Gasteiger partial charge in [0.05, 0.1) is 16.3 Å². The summed E-state index contributed by atoms with van der Waals surface area (Å²) in [6.45, 7) is 1.64. The molecule has 3 rings (SSSR count). The van der Waals surface area contributed by atoms with Gasteiger partial charge in [-0.15, -0.1) is 0 Å². The van der Waals surface area contributed by atoms with Crippen LogP contribution in [0.2, 0.25) is 0 Å².